The highest BCUT2D eigenvalue weighted by atomic mass is 32.2. The summed E-state index contributed by atoms with van der Waals surface area (Å²) in [6.07, 6.45) is -0.253. The fourth-order valence-electron chi connectivity index (χ4n) is 2.76. The molecule has 0 heterocycles. The van der Waals surface area contributed by atoms with Gasteiger partial charge in [-0.05, 0) is 57.2 Å². The minimum absolute atomic E-state index is 0.174. The maximum Gasteiger partial charge on any atom is 0.269 e. The molecule has 0 aliphatic carbocycles. The van der Waals surface area contributed by atoms with Gasteiger partial charge >= 0.3 is 0 Å². The highest BCUT2D eigenvalue weighted by Gasteiger charge is 2.17. The van der Waals surface area contributed by atoms with Crippen LogP contribution in [0.25, 0.3) is 0 Å². The van der Waals surface area contributed by atoms with Gasteiger partial charge in [0.25, 0.3) is 5.91 Å². The Morgan fingerprint density at radius 1 is 0.897 bits per heavy atom. The second-order valence-corrected chi connectivity index (χ2v) is 8.71. The van der Waals surface area contributed by atoms with Gasteiger partial charge in [-0.2, -0.15) is 0 Å². The number of amides is 2. The number of aryl methyl sites for hydroxylation is 1. The lowest BCUT2D eigenvalue weighted by Gasteiger charge is -2.21. The Kier molecular flexibility index (Phi) is 7.78. The molecule has 2 amide bonds. The van der Waals surface area contributed by atoms with Crippen LogP contribution in [0.1, 0.15) is 36.2 Å². The van der Waals surface area contributed by atoms with Crippen LogP contribution in [-0.4, -0.2) is 39.1 Å². The third-order valence-corrected chi connectivity index (χ3v) is 6.28. The molecular formula is C21H27N3O4S. The summed E-state index contributed by atoms with van der Waals surface area (Å²) in [6.45, 7) is 7.70. The van der Waals surface area contributed by atoms with E-state index < -0.39 is 21.7 Å². The minimum atomic E-state index is -3.56. The molecule has 0 aliphatic heterocycles. The van der Waals surface area contributed by atoms with Gasteiger partial charge in [0.05, 0.1) is 10.6 Å². The van der Waals surface area contributed by atoms with Crippen LogP contribution in [-0.2, 0) is 14.6 Å². The molecular weight excluding hydrogens is 390 g/mol. The van der Waals surface area contributed by atoms with Crippen molar-refractivity contribution in [1.29, 1.82) is 0 Å². The molecule has 29 heavy (non-hydrogen) atoms. The molecule has 2 rings (SSSR count). The highest BCUT2D eigenvalue weighted by molar-refractivity contribution is 7.91. The van der Waals surface area contributed by atoms with Crippen LogP contribution in [0.15, 0.2) is 53.4 Å². The smallest absolute Gasteiger partial charge is 0.269 e. The first-order chi connectivity index (χ1) is 13.8. The second-order valence-electron chi connectivity index (χ2n) is 6.60. The fraction of sp³-hybridized carbons (Fsp3) is 0.333. The normalized spacial score (nSPS) is 11.0. The van der Waals surface area contributed by atoms with Gasteiger partial charge in [-0.15, -0.1) is 0 Å². The largest absolute Gasteiger partial charge is 0.372 e. The van der Waals surface area contributed by atoms with Gasteiger partial charge in [-0.25, -0.2) is 8.42 Å². The average Bonchev–Trinajstić information content (AvgIpc) is 2.72. The molecule has 0 unspecified atom stereocenters. The number of nitrogens with one attached hydrogen (secondary N) is 2. The Morgan fingerprint density at radius 3 is 2.03 bits per heavy atom. The van der Waals surface area contributed by atoms with Gasteiger partial charge in [-0.1, -0.05) is 17.7 Å². The number of hydrogen-bond acceptors (Lipinski definition) is 5. The first-order valence-corrected chi connectivity index (χ1v) is 11.2. The summed E-state index contributed by atoms with van der Waals surface area (Å²) < 4.78 is 24.5. The molecule has 0 radical (unpaired) electrons. The van der Waals surface area contributed by atoms with E-state index in [1.165, 1.54) is 12.1 Å². The Hall–Kier alpha value is -2.87. The van der Waals surface area contributed by atoms with Gasteiger partial charge in [0.1, 0.15) is 0 Å². The van der Waals surface area contributed by atoms with Gasteiger partial charge in [0, 0.05) is 30.8 Å². The predicted octanol–water partition coefficient (Wildman–Crippen LogP) is 2.47. The Labute approximate surface area is 172 Å². The van der Waals surface area contributed by atoms with E-state index in [4.69, 9.17) is 0 Å². The molecule has 7 nitrogen and oxygen atoms in total. The summed E-state index contributed by atoms with van der Waals surface area (Å²) in [7, 11) is -3.56. The van der Waals surface area contributed by atoms with Crippen molar-refractivity contribution in [3.05, 3.63) is 59.7 Å². The number of carbonyl (C=O) groups is 2. The molecule has 0 saturated carbocycles. The molecule has 2 N–H and O–H groups in total. The number of rotatable bonds is 8. The summed E-state index contributed by atoms with van der Waals surface area (Å²) in [4.78, 5) is 26.4. The van der Waals surface area contributed by atoms with Crippen LogP contribution < -0.4 is 15.8 Å². The molecule has 0 fully saturated rings. The number of benzene rings is 2. The zero-order valence-corrected chi connectivity index (χ0v) is 17.8. The second kappa shape index (κ2) is 10.1. The van der Waals surface area contributed by atoms with Crippen molar-refractivity contribution in [2.45, 2.75) is 32.1 Å². The Balaban J connectivity index is 1.85. The summed E-state index contributed by atoms with van der Waals surface area (Å²) in [6, 6.07) is 13.5. The minimum Gasteiger partial charge on any atom is -0.372 e. The molecule has 0 aromatic heterocycles. The fourth-order valence-corrected chi connectivity index (χ4v) is 4.00. The monoisotopic (exact) mass is 417 g/mol. The molecule has 8 heteroatoms. The van der Waals surface area contributed by atoms with E-state index >= 15 is 0 Å². The average molecular weight is 418 g/mol. The lowest BCUT2D eigenvalue weighted by atomic mass is 10.2. The molecule has 2 aromatic carbocycles. The summed E-state index contributed by atoms with van der Waals surface area (Å²) in [5.74, 6) is -1.38. The van der Waals surface area contributed by atoms with E-state index in [-0.39, 0.29) is 17.1 Å². The van der Waals surface area contributed by atoms with Crippen LogP contribution in [0, 0.1) is 6.92 Å². The molecule has 2 aromatic rings. The Bertz CT molecular complexity index is 935. The van der Waals surface area contributed by atoms with Crippen LogP contribution in [0.2, 0.25) is 0 Å². The van der Waals surface area contributed by atoms with E-state index in [0.717, 1.165) is 24.3 Å². The number of carbonyl (C=O) groups excluding carboxylic acids is 2. The van der Waals surface area contributed by atoms with Crippen molar-refractivity contribution < 1.29 is 18.0 Å². The highest BCUT2D eigenvalue weighted by Crippen LogP contribution is 2.15. The number of anilines is 1. The number of hydrazine groups is 1. The standard InChI is InChI=1S/C21H27N3O4S/c1-4-24(5-2)18-10-8-17(9-11-18)21(26)23-22-20(25)14-15-29(27,28)19-12-6-16(3)7-13-19/h6-13H,4-5,14-15H2,1-3H3,(H,22,25)(H,23,26). The van der Waals surface area contributed by atoms with Crippen molar-refractivity contribution in [3.8, 4) is 0 Å². The van der Waals surface area contributed by atoms with E-state index in [2.05, 4.69) is 29.6 Å². The third kappa shape index (κ3) is 6.32. The van der Waals surface area contributed by atoms with Gasteiger partial charge < -0.3 is 4.90 Å². The molecule has 156 valence electrons. The first-order valence-electron chi connectivity index (χ1n) is 9.50. The Morgan fingerprint density at radius 2 is 1.48 bits per heavy atom. The molecule has 0 spiro atoms. The molecule has 0 bridgehead atoms. The van der Waals surface area contributed by atoms with E-state index in [1.807, 2.05) is 19.1 Å². The summed E-state index contributed by atoms with van der Waals surface area (Å²) in [5, 5.41) is 0. The zero-order valence-electron chi connectivity index (χ0n) is 16.9. The number of nitrogens with zero attached hydrogens (tertiary/aromatic N) is 1. The number of hydrogen-bond donors (Lipinski definition) is 2. The molecule has 0 aliphatic rings. The van der Waals surface area contributed by atoms with E-state index in [1.54, 1.807) is 24.3 Å². The van der Waals surface area contributed by atoms with Crippen LogP contribution in [0.3, 0.4) is 0 Å². The van der Waals surface area contributed by atoms with Crippen LogP contribution in [0.5, 0.6) is 0 Å². The van der Waals surface area contributed by atoms with Gasteiger partial charge in [0.15, 0.2) is 9.84 Å². The maximum atomic E-state index is 12.3. The quantitative estimate of drug-likeness (QED) is 0.644. The first kappa shape index (κ1) is 22.4. The lowest BCUT2D eigenvalue weighted by Crippen LogP contribution is -2.42. The van der Waals surface area contributed by atoms with Crippen molar-refractivity contribution in [1.82, 2.24) is 10.9 Å². The lowest BCUT2D eigenvalue weighted by molar-refractivity contribution is -0.121. The van der Waals surface area contributed by atoms with Crippen molar-refractivity contribution in [3.63, 3.8) is 0 Å². The van der Waals surface area contributed by atoms with Crippen LogP contribution in [0.4, 0.5) is 5.69 Å². The zero-order chi connectivity index (χ0) is 21.4. The third-order valence-electron chi connectivity index (χ3n) is 4.55. The van der Waals surface area contributed by atoms with Crippen molar-refractivity contribution in [2.75, 3.05) is 23.7 Å². The van der Waals surface area contributed by atoms with Crippen molar-refractivity contribution >= 4 is 27.3 Å². The molecule has 0 saturated heterocycles. The SMILES string of the molecule is CCN(CC)c1ccc(C(=O)NNC(=O)CCS(=O)(=O)c2ccc(C)cc2)cc1. The number of sulfone groups is 1. The topological polar surface area (TPSA) is 95.6 Å². The summed E-state index contributed by atoms with van der Waals surface area (Å²) >= 11 is 0. The van der Waals surface area contributed by atoms with Gasteiger partial charge in [0.2, 0.25) is 5.91 Å². The van der Waals surface area contributed by atoms with E-state index in [0.29, 0.717) is 5.56 Å². The van der Waals surface area contributed by atoms with Crippen molar-refractivity contribution in [2.24, 2.45) is 0 Å². The summed E-state index contributed by atoms with van der Waals surface area (Å²) in [5.41, 5.74) is 6.93. The van der Waals surface area contributed by atoms with Crippen LogP contribution >= 0.6 is 0 Å². The van der Waals surface area contributed by atoms with E-state index in [9.17, 15) is 18.0 Å². The maximum absolute atomic E-state index is 12.3. The van der Waals surface area contributed by atoms with Gasteiger partial charge in [-0.3, -0.25) is 20.4 Å². The predicted molar refractivity (Wildman–Crippen MR) is 113 cm³/mol. The molecule has 0 atom stereocenters.